The van der Waals surface area contributed by atoms with Crippen LogP contribution in [0.5, 0.6) is 0 Å². The highest BCUT2D eigenvalue weighted by Gasteiger charge is 2.17. The van der Waals surface area contributed by atoms with Crippen LogP contribution in [0.1, 0.15) is 0 Å². The molecule has 0 unspecified atom stereocenters. The summed E-state index contributed by atoms with van der Waals surface area (Å²) < 4.78 is 2.67. The summed E-state index contributed by atoms with van der Waals surface area (Å²) in [6.45, 7) is 0. The lowest BCUT2D eigenvalue weighted by molar-refractivity contribution is 1.62. The average Bonchev–Trinajstić information content (AvgIpc) is 3.86. The first-order valence-electron chi connectivity index (χ1n) is 25.3. The van der Waals surface area contributed by atoms with E-state index in [9.17, 15) is 0 Å². The quantitative estimate of drug-likeness (QED) is 0.154. The van der Waals surface area contributed by atoms with Crippen molar-refractivity contribution in [2.45, 2.75) is 0 Å². The maximum atomic E-state index is 2.45. The molecule has 0 fully saturated rings. The van der Waals surface area contributed by atoms with Crippen LogP contribution in [-0.2, 0) is 0 Å². The Bertz CT molecular complexity index is 5000. The molecule has 0 radical (unpaired) electrons. The van der Waals surface area contributed by atoms with Crippen LogP contribution in [0.25, 0.3) is 162 Å². The van der Waals surface area contributed by atoms with Crippen LogP contribution >= 0.6 is 11.3 Å². The molecule has 0 aliphatic heterocycles. The molecule has 0 spiro atoms. The van der Waals surface area contributed by atoms with Crippen LogP contribution in [0, 0.1) is 0 Å². The second kappa shape index (κ2) is 15.7. The fourth-order valence-electron chi connectivity index (χ4n) is 12.6. The Balaban J connectivity index is 0.838. The molecule has 1 heterocycles. The third-order valence-corrected chi connectivity index (χ3v) is 17.2. The van der Waals surface area contributed by atoms with Gasteiger partial charge in [0.25, 0.3) is 0 Å². The summed E-state index contributed by atoms with van der Waals surface area (Å²) in [6.07, 6.45) is 0. The third-order valence-electron chi connectivity index (χ3n) is 16.0. The molecule has 0 N–H and O–H groups in total. The van der Waals surface area contributed by atoms with E-state index in [1.807, 2.05) is 11.3 Å². The molecule has 0 amide bonds. The monoisotopic (exact) mass is 938 g/mol. The minimum absolute atomic E-state index is 1.21. The maximum Gasteiger partial charge on any atom is 0.0433 e. The van der Waals surface area contributed by atoms with E-state index in [0.29, 0.717) is 0 Å². The molecule has 336 valence electrons. The zero-order valence-electron chi connectivity index (χ0n) is 39.7. The van der Waals surface area contributed by atoms with Crippen molar-refractivity contribution in [3.05, 3.63) is 255 Å². The van der Waals surface area contributed by atoms with Crippen molar-refractivity contribution in [3.8, 4) is 44.5 Å². The summed E-state index contributed by atoms with van der Waals surface area (Å²) in [5.41, 5.74) is 9.82. The smallest absolute Gasteiger partial charge is 0.0433 e. The van der Waals surface area contributed by atoms with E-state index in [1.165, 1.54) is 162 Å². The summed E-state index contributed by atoms with van der Waals surface area (Å²) in [4.78, 5) is 0. The maximum absolute atomic E-state index is 2.45. The fourth-order valence-corrected chi connectivity index (χ4v) is 13.8. The minimum atomic E-state index is 1.21. The third kappa shape index (κ3) is 6.13. The van der Waals surface area contributed by atoms with Crippen LogP contribution in [0.2, 0.25) is 0 Å². The predicted octanol–water partition coefficient (Wildman–Crippen LogP) is 21.1. The van der Waals surface area contributed by atoms with Crippen LogP contribution < -0.4 is 0 Å². The Labute approximate surface area is 425 Å². The summed E-state index contributed by atoms with van der Waals surface area (Å²) in [6, 6.07) is 95.7. The Morgan fingerprint density at radius 3 is 0.863 bits per heavy atom. The predicted molar refractivity (Wildman–Crippen MR) is 319 cm³/mol. The molecule has 0 aliphatic carbocycles. The molecule has 73 heavy (non-hydrogen) atoms. The summed E-state index contributed by atoms with van der Waals surface area (Å²) >= 11 is 1.90. The molecule has 0 atom stereocenters. The Kier molecular flexibility index (Phi) is 8.72. The Morgan fingerprint density at radius 2 is 0.438 bits per heavy atom. The van der Waals surface area contributed by atoms with Gasteiger partial charge in [0, 0.05) is 20.2 Å². The van der Waals surface area contributed by atoms with E-state index < -0.39 is 0 Å². The topological polar surface area (TPSA) is 0 Å². The van der Waals surface area contributed by atoms with Crippen molar-refractivity contribution in [2.24, 2.45) is 0 Å². The van der Waals surface area contributed by atoms with Gasteiger partial charge in [-0.25, -0.2) is 0 Å². The largest absolute Gasteiger partial charge is 0.135 e. The van der Waals surface area contributed by atoms with Gasteiger partial charge in [-0.3, -0.25) is 0 Å². The molecule has 0 nitrogen and oxygen atoms in total. The lowest BCUT2D eigenvalue weighted by Crippen LogP contribution is -1.88. The number of thiophene rings is 1. The van der Waals surface area contributed by atoms with E-state index in [4.69, 9.17) is 0 Å². The highest BCUT2D eigenvalue weighted by Crippen LogP contribution is 2.45. The molecule has 16 aromatic rings. The van der Waals surface area contributed by atoms with Crippen molar-refractivity contribution in [2.75, 3.05) is 0 Å². The molecular formula is C72H42S. The first kappa shape index (κ1) is 40.6. The molecule has 0 saturated heterocycles. The zero-order valence-corrected chi connectivity index (χ0v) is 40.5. The summed E-state index contributed by atoms with van der Waals surface area (Å²) in [5.74, 6) is 0. The van der Waals surface area contributed by atoms with E-state index in [1.54, 1.807) is 0 Å². The average molecular weight is 939 g/mol. The second-order valence-corrected chi connectivity index (χ2v) is 20.9. The number of hydrogen-bond donors (Lipinski definition) is 0. The van der Waals surface area contributed by atoms with Crippen LogP contribution in [0.3, 0.4) is 0 Å². The van der Waals surface area contributed by atoms with Gasteiger partial charge in [-0.1, -0.05) is 212 Å². The van der Waals surface area contributed by atoms with Gasteiger partial charge in [0.05, 0.1) is 0 Å². The Morgan fingerprint density at radius 1 is 0.164 bits per heavy atom. The molecule has 0 aliphatic rings. The Hall–Kier alpha value is -9.14. The van der Waals surface area contributed by atoms with Crippen molar-refractivity contribution in [1.82, 2.24) is 0 Å². The molecule has 1 aromatic heterocycles. The SMILES string of the molecule is c1cc(-c2ccc3c4ccccc4c4ccccc4c3c2)cc(-c2ccc3c(c2)c2ccccc2c2ccc(-c4ccc5c6ccccc6c6ccc(-c7cccc8c7sc7ccccc78)cc6c5c4)cc23)c1. The summed E-state index contributed by atoms with van der Waals surface area (Å²) in [5, 5.41) is 25.7. The van der Waals surface area contributed by atoms with Crippen LogP contribution in [0.15, 0.2) is 255 Å². The van der Waals surface area contributed by atoms with Crippen molar-refractivity contribution in [1.29, 1.82) is 0 Å². The number of hydrogen-bond acceptors (Lipinski definition) is 1. The van der Waals surface area contributed by atoms with Crippen molar-refractivity contribution in [3.63, 3.8) is 0 Å². The van der Waals surface area contributed by atoms with Gasteiger partial charge in [0.2, 0.25) is 0 Å². The lowest BCUT2D eigenvalue weighted by Gasteiger charge is -2.15. The number of fused-ring (bicyclic) bond motifs is 21. The van der Waals surface area contributed by atoms with Crippen molar-refractivity contribution >= 4 is 128 Å². The highest BCUT2D eigenvalue weighted by atomic mass is 32.1. The molecule has 1 heteroatoms. The first-order chi connectivity index (χ1) is 36.2. The van der Waals surface area contributed by atoms with E-state index in [0.717, 1.165) is 0 Å². The van der Waals surface area contributed by atoms with Crippen LogP contribution in [-0.4, -0.2) is 0 Å². The van der Waals surface area contributed by atoms with E-state index in [-0.39, 0.29) is 0 Å². The zero-order chi connectivity index (χ0) is 47.7. The van der Waals surface area contributed by atoms with Gasteiger partial charge in [-0.15, -0.1) is 11.3 Å². The van der Waals surface area contributed by atoms with E-state index in [2.05, 4.69) is 255 Å². The molecule has 0 bridgehead atoms. The van der Waals surface area contributed by atoms with Gasteiger partial charge in [-0.05, 0) is 184 Å². The molecule has 0 saturated carbocycles. The second-order valence-electron chi connectivity index (χ2n) is 19.8. The van der Waals surface area contributed by atoms with Crippen molar-refractivity contribution < 1.29 is 0 Å². The van der Waals surface area contributed by atoms with E-state index >= 15 is 0 Å². The van der Waals surface area contributed by atoms with Gasteiger partial charge < -0.3 is 0 Å². The van der Waals surface area contributed by atoms with Gasteiger partial charge >= 0.3 is 0 Å². The first-order valence-corrected chi connectivity index (χ1v) is 26.1. The van der Waals surface area contributed by atoms with Gasteiger partial charge in [0.1, 0.15) is 0 Å². The van der Waals surface area contributed by atoms with Gasteiger partial charge in [-0.2, -0.15) is 0 Å². The number of benzene rings is 15. The minimum Gasteiger partial charge on any atom is -0.135 e. The van der Waals surface area contributed by atoms with Gasteiger partial charge in [0.15, 0.2) is 0 Å². The van der Waals surface area contributed by atoms with Crippen LogP contribution in [0.4, 0.5) is 0 Å². The fraction of sp³-hybridized carbons (Fsp3) is 0. The molecule has 15 aromatic carbocycles. The molecule has 16 rings (SSSR count). The number of rotatable bonds is 4. The standard InChI is InChI=1S/C72H42S/c1-2-17-53-51(15-1)52-16-5-7-21-57(52)66-38-45(27-32-59(53)66)43-13-11-14-44(37-43)46-30-35-63-67(39-46)58-22-8-6-20-56(58)60-33-28-47(40-68(60)63)48-29-34-61-54-18-3-4-19-55(54)62-36-31-49(42-70(62)69(61)41-48)50-24-12-25-65-64-23-9-10-26-71(64)73-72(50)65/h1-42H. The normalized spacial score (nSPS) is 12.1. The molecular weight excluding hydrogens is 897 g/mol. The lowest BCUT2D eigenvalue weighted by atomic mass is 9.88. The highest BCUT2D eigenvalue weighted by molar-refractivity contribution is 7.26. The summed E-state index contributed by atoms with van der Waals surface area (Å²) in [7, 11) is 0.